The van der Waals surface area contributed by atoms with Gasteiger partial charge in [-0.3, -0.25) is 0 Å². The summed E-state index contributed by atoms with van der Waals surface area (Å²) in [6.45, 7) is 3.62. The molecule has 0 saturated heterocycles. The molecule has 0 aliphatic heterocycles. The first-order chi connectivity index (χ1) is 9.22. The van der Waals surface area contributed by atoms with E-state index < -0.39 is 0 Å². The molecule has 1 aromatic carbocycles. The van der Waals surface area contributed by atoms with Crippen LogP contribution < -0.4 is 5.32 Å². The Morgan fingerprint density at radius 1 is 1.42 bits per heavy atom. The molecule has 2 rings (SSSR count). The fourth-order valence-corrected chi connectivity index (χ4v) is 2.35. The fraction of sp³-hybridized carbons (Fsp3) is 0.533. The van der Waals surface area contributed by atoms with E-state index in [1.54, 1.807) is 6.07 Å². The Bertz CT molecular complexity index is 432. The minimum absolute atomic E-state index is 0.149. The highest BCUT2D eigenvalue weighted by Gasteiger charge is 2.31. The van der Waals surface area contributed by atoms with E-state index in [4.69, 9.17) is 12.2 Å². The third kappa shape index (κ3) is 4.16. The van der Waals surface area contributed by atoms with Crippen molar-refractivity contribution in [3.63, 3.8) is 0 Å². The largest absolute Gasteiger partial charge is 0.363 e. The highest BCUT2D eigenvalue weighted by Crippen LogP contribution is 2.28. The molecule has 1 aliphatic rings. The number of benzene rings is 1. The number of halogens is 1. The summed E-state index contributed by atoms with van der Waals surface area (Å²) in [6.07, 6.45) is 4.57. The van der Waals surface area contributed by atoms with Gasteiger partial charge in [-0.15, -0.1) is 0 Å². The van der Waals surface area contributed by atoms with Crippen LogP contribution in [0.5, 0.6) is 0 Å². The number of unbranched alkanes of at least 4 members (excludes halogenated alkanes) is 1. The summed E-state index contributed by atoms with van der Waals surface area (Å²) in [5.74, 6) is -0.149. The lowest BCUT2D eigenvalue weighted by molar-refractivity contribution is 0.387. The lowest BCUT2D eigenvalue weighted by atomic mass is 10.2. The van der Waals surface area contributed by atoms with Gasteiger partial charge in [0.05, 0.1) is 0 Å². The van der Waals surface area contributed by atoms with Crippen LogP contribution in [0.15, 0.2) is 24.3 Å². The normalized spacial score (nSPS) is 14.2. The van der Waals surface area contributed by atoms with Crippen LogP contribution in [-0.4, -0.2) is 22.6 Å². The molecular weight excluding hydrogens is 259 g/mol. The number of hydrogen-bond donors (Lipinski definition) is 1. The first kappa shape index (κ1) is 14.3. The topological polar surface area (TPSA) is 15.3 Å². The first-order valence-corrected chi connectivity index (χ1v) is 7.41. The van der Waals surface area contributed by atoms with Gasteiger partial charge in [0.25, 0.3) is 0 Å². The van der Waals surface area contributed by atoms with Crippen molar-refractivity contribution >= 4 is 17.3 Å². The third-order valence-corrected chi connectivity index (χ3v) is 3.73. The summed E-state index contributed by atoms with van der Waals surface area (Å²) in [5, 5.41) is 4.04. The monoisotopic (exact) mass is 280 g/mol. The van der Waals surface area contributed by atoms with Gasteiger partial charge in [-0.05, 0) is 37.5 Å². The maximum absolute atomic E-state index is 13.7. The Balaban J connectivity index is 1.96. The van der Waals surface area contributed by atoms with E-state index in [0.29, 0.717) is 18.2 Å². The minimum Gasteiger partial charge on any atom is -0.363 e. The van der Waals surface area contributed by atoms with Crippen LogP contribution in [0, 0.1) is 5.82 Å². The van der Waals surface area contributed by atoms with Gasteiger partial charge in [0.15, 0.2) is 5.11 Å². The lowest BCUT2D eigenvalue weighted by Crippen LogP contribution is -2.41. The molecule has 1 aliphatic carbocycles. The molecule has 0 spiro atoms. The molecular formula is C15H21FN2S. The van der Waals surface area contributed by atoms with E-state index in [9.17, 15) is 4.39 Å². The molecule has 4 heteroatoms. The highest BCUT2D eigenvalue weighted by molar-refractivity contribution is 7.80. The van der Waals surface area contributed by atoms with Crippen molar-refractivity contribution in [1.29, 1.82) is 0 Å². The van der Waals surface area contributed by atoms with E-state index >= 15 is 0 Å². The van der Waals surface area contributed by atoms with Crippen molar-refractivity contribution in [2.24, 2.45) is 0 Å². The zero-order valence-electron chi connectivity index (χ0n) is 11.4. The smallest absolute Gasteiger partial charge is 0.169 e. The van der Waals surface area contributed by atoms with Gasteiger partial charge in [0.1, 0.15) is 5.82 Å². The molecule has 0 heterocycles. The quantitative estimate of drug-likeness (QED) is 0.634. The van der Waals surface area contributed by atoms with E-state index in [1.807, 2.05) is 12.1 Å². The SMILES string of the molecule is CCCCNC(=S)N(Cc1ccccc1F)C1CC1. The molecule has 0 bridgehead atoms. The molecule has 1 N–H and O–H groups in total. The molecule has 1 fully saturated rings. The summed E-state index contributed by atoms with van der Waals surface area (Å²) < 4.78 is 13.7. The number of nitrogens with one attached hydrogen (secondary N) is 1. The van der Waals surface area contributed by atoms with Crippen molar-refractivity contribution in [2.45, 2.75) is 45.2 Å². The standard InChI is InChI=1S/C15H21FN2S/c1-2-3-10-17-15(19)18(13-8-9-13)11-12-6-4-5-7-14(12)16/h4-7,13H,2-3,8-11H2,1H3,(H,17,19). The van der Waals surface area contributed by atoms with Crippen molar-refractivity contribution in [2.75, 3.05) is 6.54 Å². The van der Waals surface area contributed by atoms with Crippen LogP contribution >= 0.6 is 12.2 Å². The maximum Gasteiger partial charge on any atom is 0.169 e. The van der Waals surface area contributed by atoms with Crippen LogP contribution in [0.1, 0.15) is 38.2 Å². The van der Waals surface area contributed by atoms with E-state index in [-0.39, 0.29) is 5.82 Å². The molecule has 0 radical (unpaired) electrons. The van der Waals surface area contributed by atoms with Crippen LogP contribution in [-0.2, 0) is 6.54 Å². The predicted molar refractivity (Wildman–Crippen MR) is 80.5 cm³/mol. The third-order valence-electron chi connectivity index (χ3n) is 3.35. The summed E-state index contributed by atoms with van der Waals surface area (Å²) in [5.41, 5.74) is 0.717. The molecule has 1 aromatic rings. The molecule has 19 heavy (non-hydrogen) atoms. The van der Waals surface area contributed by atoms with Gasteiger partial charge in [-0.1, -0.05) is 31.5 Å². The van der Waals surface area contributed by atoms with Crippen LogP contribution in [0.3, 0.4) is 0 Å². The Hall–Kier alpha value is -1.16. The number of nitrogens with zero attached hydrogens (tertiary/aromatic N) is 1. The van der Waals surface area contributed by atoms with Crippen LogP contribution in [0.25, 0.3) is 0 Å². The second-order valence-electron chi connectivity index (χ2n) is 5.04. The van der Waals surface area contributed by atoms with Crippen molar-refractivity contribution in [1.82, 2.24) is 10.2 Å². The van der Waals surface area contributed by atoms with Gasteiger partial charge in [-0.2, -0.15) is 0 Å². The van der Waals surface area contributed by atoms with Crippen molar-refractivity contribution in [3.05, 3.63) is 35.6 Å². The maximum atomic E-state index is 13.7. The summed E-state index contributed by atoms with van der Waals surface area (Å²) in [6, 6.07) is 7.42. The second-order valence-corrected chi connectivity index (χ2v) is 5.42. The van der Waals surface area contributed by atoms with Gasteiger partial charge in [-0.25, -0.2) is 4.39 Å². The fourth-order valence-electron chi connectivity index (χ4n) is 2.04. The molecule has 0 aromatic heterocycles. The molecule has 1 saturated carbocycles. The van der Waals surface area contributed by atoms with Crippen LogP contribution in [0.2, 0.25) is 0 Å². The minimum atomic E-state index is -0.149. The second kappa shape index (κ2) is 6.85. The average molecular weight is 280 g/mol. The number of thiocarbonyl (C=S) groups is 1. The van der Waals surface area contributed by atoms with E-state index in [1.165, 1.54) is 6.07 Å². The van der Waals surface area contributed by atoms with Gasteiger partial charge in [0.2, 0.25) is 0 Å². The molecule has 2 nitrogen and oxygen atoms in total. The van der Waals surface area contributed by atoms with E-state index in [2.05, 4.69) is 17.1 Å². The molecule has 104 valence electrons. The van der Waals surface area contributed by atoms with Gasteiger partial charge >= 0.3 is 0 Å². The zero-order valence-corrected chi connectivity index (χ0v) is 12.2. The summed E-state index contributed by atoms with van der Waals surface area (Å²) in [4.78, 5) is 2.13. The highest BCUT2D eigenvalue weighted by atomic mass is 32.1. The Labute approximate surface area is 120 Å². The zero-order chi connectivity index (χ0) is 13.7. The summed E-state index contributed by atoms with van der Waals surface area (Å²) >= 11 is 5.44. The Morgan fingerprint density at radius 2 is 2.16 bits per heavy atom. The average Bonchev–Trinajstić information content (AvgIpc) is 3.22. The number of rotatable bonds is 6. The number of hydrogen-bond acceptors (Lipinski definition) is 1. The van der Waals surface area contributed by atoms with Crippen LogP contribution in [0.4, 0.5) is 4.39 Å². The Morgan fingerprint density at radius 3 is 2.79 bits per heavy atom. The first-order valence-electron chi connectivity index (χ1n) is 7.00. The van der Waals surface area contributed by atoms with Gasteiger partial charge in [0, 0.05) is 24.7 Å². The van der Waals surface area contributed by atoms with Crippen molar-refractivity contribution < 1.29 is 4.39 Å². The Kier molecular flexibility index (Phi) is 5.14. The van der Waals surface area contributed by atoms with Gasteiger partial charge < -0.3 is 10.2 Å². The molecule has 0 amide bonds. The van der Waals surface area contributed by atoms with Crippen molar-refractivity contribution in [3.8, 4) is 0 Å². The van der Waals surface area contributed by atoms with E-state index in [0.717, 1.165) is 37.3 Å². The molecule has 0 unspecified atom stereocenters. The predicted octanol–water partition coefficient (Wildman–Crippen LogP) is 3.46. The summed E-state index contributed by atoms with van der Waals surface area (Å²) in [7, 11) is 0. The molecule has 0 atom stereocenters. The lowest BCUT2D eigenvalue weighted by Gasteiger charge is -2.26.